The van der Waals surface area contributed by atoms with Crippen molar-refractivity contribution >= 4 is 35.6 Å². The minimum absolute atomic E-state index is 0. The Labute approximate surface area is 159 Å². The summed E-state index contributed by atoms with van der Waals surface area (Å²) in [6.45, 7) is 3.44. The van der Waals surface area contributed by atoms with Crippen LogP contribution >= 0.6 is 24.0 Å². The SMILES string of the molecule is CCNC(=NCCc1ccco1)Nc1ccc(OC)c(OC)c1.I. The topological polar surface area (TPSA) is 68.0 Å². The number of nitrogens with zero attached hydrogens (tertiary/aromatic N) is 1. The summed E-state index contributed by atoms with van der Waals surface area (Å²) in [7, 11) is 3.23. The fraction of sp³-hybridized carbons (Fsp3) is 0.353. The fourth-order valence-corrected chi connectivity index (χ4v) is 2.09. The number of furan rings is 1. The number of ether oxygens (including phenoxy) is 2. The van der Waals surface area contributed by atoms with Crippen LogP contribution in [0.2, 0.25) is 0 Å². The maximum Gasteiger partial charge on any atom is 0.195 e. The van der Waals surface area contributed by atoms with Gasteiger partial charge < -0.3 is 24.5 Å². The summed E-state index contributed by atoms with van der Waals surface area (Å²) in [6, 6.07) is 9.48. The number of aliphatic imine (C=N–C) groups is 1. The van der Waals surface area contributed by atoms with Crippen LogP contribution in [0.4, 0.5) is 5.69 Å². The summed E-state index contributed by atoms with van der Waals surface area (Å²) in [5.41, 5.74) is 0.875. The molecular formula is C17H24IN3O3. The summed E-state index contributed by atoms with van der Waals surface area (Å²) in [5.74, 6) is 3.00. The second-order valence-electron chi connectivity index (χ2n) is 4.78. The second-order valence-corrected chi connectivity index (χ2v) is 4.78. The number of hydrogen-bond acceptors (Lipinski definition) is 4. The molecule has 1 aromatic carbocycles. The molecule has 0 spiro atoms. The van der Waals surface area contributed by atoms with Crippen molar-refractivity contribution in [1.29, 1.82) is 0 Å². The minimum atomic E-state index is 0. The molecule has 0 bridgehead atoms. The highest BCUT2D eigenvalue weighted by molar-refractivity contribution is 14.0. The molecule has 7 heteroatoms. The van der Waals surface area contributed by atoms with Crippen molar-refractivity contribution in [2.45, 2.75) is 13.3 Å². The van der Waals surface area contributed by atoms with Gasteiger partial charge in [-0.05, 0) is 31.2 Å². The largest absolute Gasteiger partial charge is 0.493 e. The first-order valence-electron chi connectivity index (χ1n) is 7.56. The average Bonchev–Trinajstić information content (AvgIpc) is 3.08. The molecule has 0 saturated heterocycles. The van der Waals surface area contributed by atoms with Crippen LogP contribution in [0.3, 0.4) is 0 Å². The maximum absolute atomic E-state index is 5.31. The van der Waals surface area contributed by atoms with Crippen molar-refractivity contribution < 1.29 is 13.9 Å². The number of methoxy groups -OCH3 is 2. The predicted molar refractivity (Wildman–Crippen MR) is 107 cm³/mol. The molecule has 2 rings (SSSR count). The number of guanidine groups is 1. The van der Waals surface area contributed by atoms with Gasteiger partial charge in [0.15, 0.2) is 17.5 Å². The quantitative estimate of drug-likeness (QED) is 0.388. The maximum atomic E-state index is 5.31. The lowest BCUT2D eigenvalue weighted by Gasteiger charge is -2.13. The molecule has 0 unspecified atom stereocenters. The van der Waals surface area contributed by atoms with Gasteiger partial charge in [-0.2, -0.15) is 0 Å². The van der Waals surface area contributed by atoms with Crippen LogP contribution in [0.1, 0.15) is 12.7 Å². The Hall–Kier alpha value is -1.90. The van der Waals surface area contributed by atoms with Crippen LogP contribution in [-0.4, -0.2) is 33.3 Å². The van der Waals surface area contributed by atoms with E-state index >= 15 is 0 Å². The van der Waals surface area contributed by atoms with Gasteiger partial charge in [0, 0.05) is 31.3 Å². The zero-order valence-corrected chi connectivity index (χ0v) is 16.5. The first kappa shape index (κ1) is 20.1. The molecule has 132 valence electrons. The van der Waals surface area contributed by atoms with Crippen molar-refractivity contribution in [3.63, 3.8) is 0 Å². The highest BCUT2D eigenvalue weighted by Gasteiger charge is 2.06. The van der Waals surface area contributed by atoms with E-state index in [4.69, 9.17) is 13.9 Å². The molecule has 1 aromatic heterocycles. The van der Waals surface area contributed by atoms with E-state index < -0.39 is 0 Å². The molecule has 0 radical (unpaired) electrons. The Balaban J connectivity index is 0.00000288. The molecule has 0 aliphatic carbocycles. The molecule has 0 atom stereocenters. The Morgan fingerprint density at radius 2 is 1.96 bits per heavy atom. The summed E-state index contributed by atoms with van der Waals surface area (Å²) < 4.78 is 15.9. The Bertz CT molecular complexity index is 630. The highest BCUT2D eigenvalue weighted by atomic mass is 127. The summed E-state index contributed by atoms with van der Waals surface area (Å²) in [4.78, 5) is 4.54. The summed E-state index contributed by atoms with van der Waals surface area (Å²) in [6.07, 6.45) is 2.43. The minimum Gasteiger partial charge on any atom is -0.493 e. The number of rotatable bonds is 7. The zero-order valence-electron chi connectivity index (χ0n) is 14.2. The van der Waals surface area contributed by atoms with Gasteiger partial charge in [-0.15, -0.1) is 24.0 Å². The van der Waals surface area contributed by atoms with Crippen molar-refractivity contribution in [3.05, 3.63) is 42.4 Å². The van der Waals surface area contributed by atoms with E-state index in [1.807, 2.05) is 37.3 Å². The molecule has 0 amide bonds. The average molecular weight is 445 g/mol. The van der Waals surface area contributed by atoms with Crippen LogP contribution < -0.4 is 20.1 Å². The van der Waals surface area contributed by atoms with Gasteiger partial charge in [-0.1, -0.05) is 0 Å². The lowest BCUT2D eigenvalue weighted by molar-refractivity contribution is 0.355. The van der Waals surface area contributed by atoms with Crippen LogP contribution in [-0.2, 0) is 6.42 Å². The van der Waals surface area contributed by atoms with Crippen molar-refractivity contribution in [3.8, 4) is 11.5 Å². The van der Waals surface area contributed by atoms with E-state index in [0.29, 0.717) is 24.0 Å². The second kappa shape index (κ2) is 10.8. The van der Waals surface area contributed by atoms with Gasteiger partial charge >= 0.3 is 0 Å². The third kappa shape index (κ3) is 5.95. The van der Waals surface area contributed by atoms with Gasteiger partial charge in [0.25, 0.3) is 0 Å². The first-order chi connectivity index (χ1) is 11.3. The van der Waals surface area contributed by atoms with Crippen molar-refractivity contribution in [1.82, 2.24) is 5.32 Å². The van der Waals surface area contributed by atoms with Gasteiger partial charge in [-0.25, -0.2) is 0 Å². The zero-order chi connectivity index (χ0) is 16.5. The standard InChI is InChI=1S/C17H23N3O3.HI/c1-4-18-17(19-10-9-14-6-5-11-23-14)20-13-7-8-15(21-2)16(12-13)22-3;/h5-8,11-12H,4,9-10H2,1-3H3,(H2,18,19,20);1H. The van der Waals surface area contributed by atoms with Gasteiger partial charge in [0.2, 0.25) is 0 Å². The molecule has 0 fully saturated rings. The summed E-state index contributed by atoms with van der Waals surface area (Å²) >= 11 is 0. The van der Waals surface area contributed by atoms with Crippen molar-refractivity contribution in [2.75, 3.05) is 32.6 Å². The Morgan fingerprint density at radius 1 is 1.17 bits per heavy atom. The van der Waals surface area contributed by atoms with E-state index in [-0.39, 0.29) is 24.0 Å². The lowest BCUT2D eigenvalue weighted by Crippen LogP contribution is -2.30. The molecule has 2 N–H and O–H groups in total. The third-order valence-corrected chi connectivity index (χ3v) is 3.20. The number of hydrogen-bond donors (Lipinski definition) is 2. The number of nitrogens with one attached hydrogen (secondary N) is 2. The van der Waals surface area contributed by atoms with Crippen LogP contribution in [0.25, 0.3) is 0 Å². The highest BCUT2D eigenvalue weighted by Crippen LogP contribution is 2.29. The van der Waals surface area contributed by atoms with Crippen LogP contribution in [0.5, 0.6) is 11.5 Å². The molecule has 1 heterocycles. The van der Waals surface area contributed by atoms with Gasteiger partial charge in [0.05, 0.1) is 20.5 Å². The Kier molecular flexibility index (Phi) is 9.06. The molecule has 6 nitrogen and oxygen atoms in total. The molecule has 24 heavy (non-hydrogen) atoms. The Morgan fingerprint density at radius 3 is 2.58 bits per heavy atom. The summed E-state index contributed by atoms with van der Waals surface area (Å²) in [5, 5.41) is 6.47. The lowest BCUT2D eigenvalue weighted by atomic mass is 10.2. The van der Waals surface area contributed by atoms with Gasteiger partial charge in [0.1, 0.15) is 5.76 Å². The third-order valence-electron chi connectivity index (χ3n) is 3.20. The van der Waals surface area contributed by atoms with E-state index in [2.05, 4.69) is 15.6 Å². The van der Waals surface area contributed by atoms with Gasteiger partial charge in [-0.3, -0.25) is 4.99 Å². The number of benzene rings is 1. The molecular weight excluding hydrogens is 421 g/mol. The van der Waals surface area contributed by atoms with E-state index in [9.17, 15) is 0 Å². The van der Waals surface area contributed by atoms with Crippen LogP contribution in [0.15, 0.2) is 46.0 Å². The molecule has 0 aliphatic heterocycles. The van der Waals surface area contributed by atoms with Crippen LogP contribution in [0, 0.1) is 0 Å². The molecule has 0 saturated carbocycles. The van der Waals surface area contributed by atoms with Crippen molar-refractivity contribution in [2.24, 2.45) is 4.99 Å². The van der Waals surface area contributed by atoms with E-state index in [1.54, 1.807) is 20.5 Å². The fourth-order valence-electron chi connectivity index (χ4n) is 2.09. The number of anilines is 1. The molecule has 0 aliphatic rings. The smallest absolute Gasteiger partial charge is 0.195 e. The van der Waals surface area contributed by atoms with E-state index in [0.717, 1.165) is 24.4 Å². The molecule has 2 aromatic rings. The predicted octanol–water partition coefficient (Wildman–Crippen LogP) is 3.53. The normalized spacial score (nSPS) is 10.7. The first-order valence-corrected chi connectivity index (χ1v) is 7.56. The van der Waals surface area contributed by atoms with E-state index in [1.165, 1.54) is 0 Å². The monoisotopic (exact) mass is 445 g/mol. The number of halogens is 1.